The molecule has 0 amide bonds. The molecule has 5 heteroatoms. The van der Waals surface area contributed by atoms with Gasteiger partial charge in [0.2, 0.25) is 5.13 Å². The van der Waals surface area contributed by atoms with Crippen LogP contribution in [0.25, 0.3) is 0 Å². The van der Waals surface area contributed by atoms with Gasteiger partial charge >= 0.3 is 0 Å². The molecule has 0 radical (unpaired) electrons. The molecule has 2 rings (SSSR count). The lowest BCUT2D eigenvalue weighted by atomic mass is 10.1. The van der Waals surface area contributed by atoms with Crippen LogP contribution in [0.3, 0.4) is 0 Å². The van der Waals surface area contributed by atoms with Gasteiger partial charge in [0.05, 0.1) is 6.04 Å². The molecule has 0 spiro atoms. The lowest BCUT2D eigenvalue weighted by molar-refractivity contribution is 0.685. The first-order chi connectivity index (χ1) is 8.70. The highest BCUT2D eigenvalue weighted by molar-refractivity contribution is 7.10. The average Bonchev–Trinajstić information content (AvgIpc) is 2.99. The monoisotopic (exact) mass is 281 g/mol. The van der Waals surface area contributed by atoms with Gasteiger partial charge in [0.1, 0.15) is 5.82 Å². The SMILES string of the molecule is CCCC(Nc1nc(C(C)C)ns1)c1cccs1. The number of rotatable bonds is 6. The van der Waals surface area contributed by atoms with Gasteiger partial charge in [0.25, 0.3) is 0 Å². The summed E-state index contributed by atoms with van der Waals surface area (Å²) >= 11 is 3.26. The van der Waals surface area contributed by atoms with Gasteiger partial charge in [-0.2, -0.15) is 4.37 Å². The van der Waals surface area contributed by atoms with Crippen LogP contribution >= 0.6 is 22.9 Å². The summed E-state index contributed by atoms with van der Waals surface area (Å²) in [5, 5.41) is 6.57. The number of anilines is 1. The van der Waals surface area contributed by atoms with E-state index >= 15 is 0 Å². The van der Waals surface area contributed by atoms with Gasteiger partial charge in [-0.15, -0.1) is 11.3 Å². The topological polar surface area (TPSA) is 37.8 Å². The Morgan fingerprint density at radius 3 is 2.78 bits per heavy atom. The third-order valence-electron chi connectivity index (χ3n) is 2.72. The summed E-state index contributed by atoms with van der Waals surface area (Å²) in [5.74, 6) is 1.33. The molecule has 0 aliphatic rings. The van der Waals surface area contributed by atoms with Gasteiger partial charge < -0.3 is 5.32 Å². The Hall–Kier alpha value is -0.940. The molecule has 0 aliphatic carbocycles. The van der Waals surface area contributed by atoms with E-state index in [0.29, 0.717) is 12.0 Å². The second kappa shape index (κ2) is 6.29. The zero-order valence-electron chi connectivity index (χ0n) is 11.0. The summed E-state index contributed by atoms with van der Waals surface area (Å²) < 4.78 is 4.38. The normalized spacial score (nSPS) is 12.9. The van der Waals surface area contributed by atoms with Crippen LogP contribution < -0.4 is 5.32 Å². The van der Waals surface area contributed by atoms with E-state index in [2.05, 4.69) is 53.0 Å². The van der Waals surface area contributed by atoms with Crippen LogP contribution in [0.2, 0.25) is 0 Å². The van der Waals surface area contributed by atoms with E-state index in [1.54, 1.807) is 11.3 Å². The van der Waals surface area contributed by atoms with Crippen LogP contribution in [-0.2, 0) is 0 Å². The average molecular weight is 281 g/mol. The number of hydrogen-bond donors (Lipinski definition) is 1. The molecule has 2 aromatic rings. The number of nitrogens with zero attached hydrogens (tertiary/aromatic N) is 2. The summed E-state index contributed by atoms with van der Waals surface area (Å²) in [4.78, 5) is 5.92. The van der Waals surface area contributed by atoms with Gasteiger partial charge in [0, 0.05) is 22.3 Å². The first-order valence-corrected chi connectivity index (χ1v) is 7.99. The van der Waals surface area contributed by atoms with Crippen molar-refractivity contribution < 1.29 is 0 Å². The fourth-order valence-corrected chi connectivity index (χ4v) is 3.31. The minimum atomic E-state index is 0.364. The molecule has 0 aromatic carbocycles. The molecule has 0 saturated heterocycles. The molecule has 1 atom stereocenters. The van der Waals surface area contributed by atoms with Crippen molar-refractivity contribution in [1.82, 2.24) is 9.36 Å². The maximum absolute atomic E-state index is 4.54. The van der Waals surface area contributed by atoms with Crippen molar-refractivity contribution in [2.75, 3.05) is 5.32 Å². The zero-order valence-corrected chi connectivity index (χ0v) is 12.6. The molecule has 2 heterocycles. The first-order valence-electron chi connectivity index (χ1n) is 6.34. The third-order valence-corrected chi connectivity index (χ3v) is 4.37. The molecule has 0 saturated carbocycles. The molecule has 2 aromatic heterocycles. The summed E-state index contributed by atoms with van der Waals surface area (Å²) in [6.45, 7) is 6.45. The molecule has 1 unspecified atom stereocenters. The number of hydrogen-bond acceptors (Lipinski definition) is 5. The fraction of sp³-hybridized carbons (Fsp3) is 0.538. The first kappa shape index (κ1) is 13.5. The van der Waals surface area contributed by atoms with E-state index in [1.165, 1.54) is 16.4 Å². The molecule has 0 aliphatic heterocycles. The fourth-order valence-electron chi connectivity index (χ4n) is 1.74. The van der Waals surface area contributed by atoms with Crippen molar-refractivity contribution in [2.45, 2.75) is 45.6 Å². The van der Waals surface area contributed by atoms with Crippen molar-refractivity contribution in [3.8, 4) is 0 Å². The Morgan fingerprint density at radius 1 is 1.39 bits per heavy atom. The van der Waals surface area contributed by atoms with Gasteiger partial charge in [-0.05, 0) is 17.9 Å². The van der Waals surface area contributed by atoms with Crippen LogP contribution in [0, 0.1) is 0 Å². The van der Waals surface area contributed by atoms with Crippen molar-refractivity contribution in [2.24, 2.45) is 0 Å². The van der Waals surface area contributed by atoms with E-state index in [4.69, 9.17) is 0 Å². The minimum absolute atomic E-state index is 0.364. The predicted molar refractivity (Wildman–Crippen MR) is 79.6 cm³/mol. The molecular formula is C13H19N3S2. The van der Waals surface area contributed by atoms with Crippen LogP contribution in [0.4, 0.5) is 5.13 Å². The smallest absolute Gasteiger partial charge is 0.203 e. The van der Waals surface area contributed by atoms with E-state index in [9.17, 15) is 0 Å². The lowest BCUT2D eigenvalue weighted by Crippen LogP contribution is -2.09. The molecule has 98 valence electrons. The largest absolute Gasteiger partial charge is 0.353 e. The maximum atomic E-state index is 4.54. The van der Waals surface area contributed by atoms with Gasteiger partial charge in [0.15, 0.2) is 0 Å². The number of aromatic nitrogens is 2. The standard InChI is InChI=1S/C13H19N3S2/c1-4-6-10(11-7-5-8-17-11)14-13-15-12(9(2)3)16-18-13/h5,7-10H,4,6H2,1-3H3,(H,14,15,16). The minimum Gasteiger partial charge on any atom is -0.353 e. The summed E-state index contributed by atoms with van der Waals surface area (Å²) in [5.41, 5.74) is 0. The number of nitrogens with one attached hydrogen (secondary N) is 1. The highest BCUT2D eigenvalue weighted by Crippen LogP contribution is 2.28. The Balaban J connectivity index is 2.08. The third kappa shape index (κ3) is 3.29. The van der Waals surface area contributed by atoms with Crippen molar-refractivity contribution in [1.29, 1.82) is 0 Å². The molecule has 1 N–H and O–H groups in total. The van der Waals surface area contributed by atoms with Gasteiger partial charge in [-0.3, -0.25) is 0 Å². The Morgan fingerprint density at radius 2 is 2.22 bits per heavy atom. The van der Waals surface area contributed by atoms with E-state index < -0.39 is 0 Å². The van der Waals surface area contributed by atoms with Crippen molar-refractivity contribution >= 4 is 28.0 Å². The zero-order chi connectivity index (χ0) is 13.0. The summed E-state index contributed by atoms with van der Waals surface area (Å²) in [7, 11) is 0. The molecular weight excluding hydrogens is 262 g/mol. The van der Waals surface area contributed by atoms with E-state index in [-0.39, 0.29) is 0 Å². The molecule has 3 nitrogen and oxygen atoms in total. The Kier molecular flexibility index (Phi) is 4.72. The molecule has 0 fully saturated rings. The van der Waals surface area contributed by atoms with E-state index in [1.807, 2.05) is 0 Å². The van der Waals surface area contributed by atoms with Crippen LogP contribution in [0.5, 0.6) is 0 Å². The molecule has 0 bridgehead atoms. The predicted octanol–water partition coefficient (Wildman–Crippen LogP) is 4.68. The van der Waals surface area contributed by atoms with Crippen molar-refractivity contribution in [3.05, 3.63) is 28.2 Å². The van der Waals surface area contributed by atoms with Crippen LogP contribution in [0.15, 0.2) is 17.5 Å². The molecule has 18 heavy (non-hydrogen) atoms. The summed E-state index contributed by atoms with van der Waals surface area (Å²) in [6.07, 6.45) is 2.28. The Bertz CT molecular complexity index is 462. The lowest BCUT2D eigenvalue weighted by Gasteiger charge is -2.15. The second-order valence-electron chi connectivity index (χ2n) is 4.61. The van der Waals surface area contributed by atoms with E-state index in [0.717, 1.165) is 23.8 Å². The Labute approximate surface area is 116 Å². The highest BCUT2D eigenvalue weighted by Gasteiger charge is 2.14. The number of thiophene rings is 1. The summed E-state index contributed by atoms with van der Waals surface area (Å²) in [6, 6.07) is 4.65. The van der Waals surface area contributed by atoms with Crippen LogP contribution in [0.1, 0.15) is 56.3 Å². The van der Waals surface area contributed by atoms with Gasteiger partial charge in [-0.1, -0.05) is 33.3 Å². The maximum Gasteiger partial charge on any atom is 0.203 e. The highest BCUT2D eigenvalue weighted by atomic mass is 32.1. The van der Waals surface area contributed by atoms with Crippen LogP contribution in [-0.4, -0.2) is 9.36 Å². The second-order valence-corrected chi connectivity index (χ2v) is 6.34. The quantitative estimate of drug-likeness (QED) is 0.835. The van der Waals surface area contributed by atoms with Gasteiger partial charge in [-0.25, -0.2) is 4.98 Å². The van der Waals surface area contributed by atoms with Crippen molar-refractivity contribution in [3.63, 3.8) is 0 Å².